The van der Waals surface area contributed by atoms with Crippen LogP contribution in [0.3, 0.4) is 0 Å². The highest BCUT2D eigenvalue weighted by Gasteiger charge is 2.20. The summed E-state index contributed by atoms with van der Waals surface area (Å²) in [6.45, 7) is 0. The van der Waals surface area contributed by atoms with Gasteiger partial charge in [-0.1, -0.05) is 48.5 Å². The van der Waals surface area contributed by atoms with Crippen LogP contribution in [-0.4, -0.2) is 21.4 Å². The zero-order valence-electron chi connectivity index (χ0n) is 17.9. The van der Waals surface area contributed by atoms with Crippen molar-refractivity contribution in [1.29, 1.82) is 0 Å². The van der Waals surface area contributed by atoms with Gasteiger partial charge in [0.2, 0.25) is 0 Å². The van der Waals surface area contributed by atoms with Crippen molar-refractivity contribution in [2.24, 2.45) is 0 Å². The second kappa shape index (κ2) is 9.46. The lowest BCUT2D eigenvalue weighted by molar-refractivity contribution is 0.0735. The molecule has 0 aliphatic heterocycles. The third kappa shape index (κ3) is 4.70. The van der Waals surface area contributed by atoms with Crippen LogP contribution < -0.4 is 10.1 Å². The van der Waals surface area contributed by atoms with Gasteiger partial charge in [0.15, 0.2) is 0 Å². The zero-order valence-corrected chi connectivity index (χ0v) is 19.4. The van der Waals surface area contributed by atoms with Crippen LogP contribution in [0.5, 0.6) is 5.75 Å². The highest BCUT2D eigenvalue weighted by Crippen LogP contribution is 2.32. The predicted octanol–water partition coefficient (Wildman–Crippen LogP) is 7.27. The predicted molar refractivity (Wildman–Crippen MR) is 133 cm³/mol. The molecule has 1 saturated carbocycles. The number of esters is 1. The number of aromatic nitrogens is 2. The Morgan fingerprint density at radius 1 is 1.00 bits per heavy atom. The van der Waals surface area contributed by atoms with E-state index < -0.39 is 5.97 Å². The summed E-state index contributed by atoms with van der Waals surface area (Å²) in [7, 11) is 0. The Hall–Kier alpha value is -3.02. The molecule has 5 rings (SSSR count). The van der Waals surface area contributed by atoms with Crippen molar-refractivity contribution < 1.29 is 9.53 Å². The summed E-state index contributed by atoms with van der Waals surface area (Å²) in [5, 5.41) is 4.46. The number of halogens is 2. The van der Waals surface area contributed by atoms with Crippen LogP contribution in [0.15, 0.2) is 66.9 Å². The first-order valence-electron chi connectivity index (χ1n) is 11.1. The monoisotopic (exact) mass is 479 g/mol. The fourth-order valence-electron chi connectivity index (χ4n) is 4.27. The number of anilines is 1. The Morgan fingerprint density at radius 2 is 1.79 bits per heavy atom. The molecule has 1 fully saturated rings. The largest absolute Gasteiger partial charge is 0.423 e. The van der Waals surface area contributed by atoms with Crippen LogP contribution in [0.4, 0.5) is 5.82 Å². The number of nitrogens with one attached hydrogen (secondary N) is 1. The summed E-state index contributed by atoms with van der Waals surface area (Å²) in [6, 6.07) is 18.5. The molecule has 0 spiro atoms. The molecule has 0 saturated heterocycles. The van der Waals surface area contributed by atoms with Crippen LogP contribution in [0.2, 0.25) is 10.0 Å². The molecular formula is C26H23Cl2N3O2. The SMILES string of the molecule is O=C(Oc1ccc(-c2nc3ccccn3c2NC2CCCCC2)cc1)c1ccc(Cl)cc1Cl. The minimum Gasteiger partial charge on any atom is -0.423 e. The number of pyridine rings is 1. The first-order valence-corrected chi connectivity index (χ1v) is 11.9. The number of hydrogen-bond donors (Lipinski definition) is 1. The molecule has 0 amide bonds. The fourth-order valence-corrected chi connectivity index (χ4v) is 4.76. The van der Waals surface area contributed by atoms with Crippen molar-refractivity contribution in [1.82, 2.24) is 9.38 Å². The molecule has 0 bridgehead atoms. The van der Waals surface area contributed by atoms with E-state index >= 15 is 0 Å². The maximum Gasteiger partial charge on any atom is 0.345 e. The molecule has 7 heteroatoms. The van der Waals surface area contributed by atoms with E-state index in [0.717, 1.165) is 22.7 Å². The molecule has 0 radical (unpaired) electrons. The van der Waals surface area contributed by atoms with Gasteiger partial charge < -0.3 is 10.1 Å². The van der Waals surface area contributed by atoms with Gasteiger partial charge in [-0.05, 0) is 67.4 Å². The molecule has 33 heavy (non-hydrogen) atoms. The van der Waals surface area contributed by atoms with Crippen LogP contribution in [0.25, 0.3) is 16.9 Å². The van der Waals surface area contributed by atoms with Crippen LogP contribution in [0.1, 0.15) is 42.5 Å². The summed E-state index contributed by atoms with van der Waals surface area (Å²) in [6.07, 6.45) is 8.18. The standard InChI is InChI=1S/C26H23Cl2N3O2/c27-18-11-14-21(22(28)16-18)26(32)33-20-12-9-17(10-13-20)24-25(29-19-6-2-1-3-7-19)31-15-5-4-8-23(31)30-24/h4-5,8-16,19,29H,1-3,6-7H2. The van der Waals surface area contributed by atoms with E-state index in [1.54, 1.807) is 24.3 Å². The summed E-state index contributed by atoms with van der Waals surface area (Å²) >= 11 is 12.0. The van der Waals surface area contributed by atoms with Crippen molar-refractivity contribution in [2.75, 3.05) is 5.32 Å². The minimum absolute atomic E-state index is 0.257. The maximum atomic E-state index is 12.5. The quantitative estimate of drug-likeness (QED) is 0.241. The van der Waals surface area contributed by atoms with Gasteiger partial charge >= 0.3 is 5.97 Å². The van der Waals surface area contributed by atoms with E-state index in [9.17, 15) is 4.79 Å². The number of hydrogen-bond acceptors (Lipinski definition) is 4. The van der Waals surface area contributed by atoms with E-state index in [1.165, 1.54) is 38.2 Å². The van der Waals surface area contributed by atoms with Gasteiger partial charge in [-0.3, -0.25) is 4.40 Å². The number of carbonyl (C=O) groups excluding carboxylic acids is 1. The van der Waals surface area contributed by atoms with Gasteiger partial charge in [0.25, 0.3) is 0 Å². The normalized spacial score (nSPS) is 14.4. The molecule has 1 N–H and O–H groups in total. The van der Waals surface area contributed by atoms with E-state index in [-0.39, 0.29) is 10.6 Å². The third-order valence-corrected chi connectivity index (χ3v) is 6.51. The van der Waals surface area contributed by atoms with Gasteiger partial charge in [-0.15, -0.1) is 0 Å². The molecule has 0 atom stereocenters. The first-order chi connectivity index (χ1) is 16.1. The van der Waals surface area contributed by atoms with Gasteiger partial charge in [-0.25, -0.2) is 9.78 Å². The number of fused-ring (bicyclic) bond motifs is 1. The van der Waals surface area contributed by atoms with E-state index in [0.29, 0.717) is 16.8 Å². The van der Waals surface area contributed by atoms with E-state index in [2.05, 4.69) is 9.72 Å². The number of ether oxygens (including phenoxy) is 1. The Bertz CT molecular complexity index is 1290. The molecule has 4 aromatic rings. The number of imidazole rings is 1. The third-order valence-electron chi connectivity index (χ3n) is 5.97. The Morgan fingerprint density at radius 3 is 2.55 bits per heavy atom. The van der Waals surface area contributed by atoms with Crippen molar-refractivity contribution >= 4 is 40.6 Å². The lowest BCUT2D eigenvalue weighted by Crippen LogP contribution is -2.23. The molecule has 1 aliphatic rings. The summed E-state index contributed by atoms with van der Waals surface area (Å²) in [4.78, 5) is 17.4. The molecule has 2 heterocycles. The Labute approximate surface area is 202 Å². The van der Waals surface area contributed by atoms with Gasteiger partial charge in [-0.2, -0.15) is 0 Å². The second-order valence-electron chi connectivity index (χ2n) is 8.26. The fraction of sp³-hybridized carbons (Fsp3) is 0.231. The van der Waals surface area contributed by atoms with Crippen LogP contribution >= 0.6 is 23.2 Å². The van der Waals surface area contributed by atoms with Gasteiger partial charge in [0, 0.05) is 22.8 Å². The number of benzene rings is 2. The highest BCUT2D eigenvalue weighted by molar-refractivity contribution is 6.36. The molecule has 0 unspecified atom stereocenters. The summed E-state index contributed by atoms with van der Waals surface area (Å²) in [5.74, 6) is 0.896. The minimum atomic E-state index is -0.531. The van der Waals surface area contributed by atoms with Crippen molar-refractivity contribution in [3.05, 3.63) is 82.5 Å². The average molecular weight is 480 g/mol. The summed E-state index contributed by atoms with van der Waals surface area (Å²) < 4.78 is 7.61. The topological polar surface area (TPSA) is 55.6 Å². The number of rotatable bonds is 5. The molecular weight excluding hydrogens is 457 g/mol. The molecule has 2 aromatic heterocycles. The lowest BCUT2D eigenvalue weighted by atomic mass is 9.95. The first kappa shape index (κ1) is 21.8. The van der Waals surface area contributed by atoms with Gasteiger partial charge in [0.1, 0.15) is 22.9 Å². The Balaban J connectivity index is 1.41. The van der Waals surface area contributed by atoms with Crippen molar-refractivity contribution in [2.45, 2.75) is 38.1 Å². The molecule has 1 aliphatic carbocycles. The van der Waals surface area contributed by atoms with Crippen molar-refractivity contribution in [3.8, 4) is 17.0 Å². The van der Waals surface area contributed by atoms with E-state index in [4.69, 9.17) is 32.9 Å². The molecule has 168 valence electrons. The highest BCUT2D eigenvalue weighted by atomic mass is 35.5. The number of carbonyl (C=O) groups is 1. The summed E-state index contributed by atoms with van der Waals surface area (Å²) in [5.41, 5.74) is 2.98. The molecule has 5 nitrogen and oxygen atoms in total. The van der Waals surface area contributed by atoms with Crippen LogP contribution in [0, 0.1) is 0 Å². The van der Waals surface area contributed by atoms with Crippen molar-refractivity contribution in [3.63, 3.8) is 0 Å². The maximum absolute atomic E-state index is 12.5. The zero-order chi connectivity index (χ0) is 22.8. The molecule has 2 aromatic carbocycles. The number of nitrogens with zero attached hydrogens (tertiary/aromatic N) is 2. The Kier molecular flexibility index (Phi) is 6.25. The second-order valence-corrected chi connectivity index (χ2v) is 9.10. The van der Waals surface area contributed by atoms with Crippen LogP contribution in [-0.2, 0) is 0 Å². The van der Waals surface area contributed by atoms with Gasteiger partial charge in [0.05, 0.1) is 10.6 Å². The lowest BCUT2D eigenvalue weighted by Gasteiger charge is -2.24. The smallest absolute Gasteiger partial charge is 0.345 e. The van der Waals surface area contributed by atoms with E-state index in [1.807, 2.05) is 36.5 Å². The average Bonchev–Trinajstić information content (AvgIpc) is 3.18.